The molecular formula is C15H14BrFO2. The molecule has 0 aliphatic carbocycles. The van der Waals surface area contributed by atoms with Crippen LogP contribution in [0.1, 0.15) is 24.2 Å². The lowest BCUT2D eigenvalue weighted by Crippen LogP contribution is -2.01. The predicted molar refractivity (Wildman–Crippen MR) is 75.5 cm³/mol. The fraction of sp³-hybridized carbons (Fsp3) is 0.200. The molecule has 2 rings (SSSR count). The molecule has 1 N–H and O–H groups in total. The van der Waals surface area contributed by atoms with E-state index in [2.05, 4.69) is 15.9 Å². The minimum absolute atomic E-state index is 0.267. The van der Waals surface area contributed by atoms with Crippen molar-refractivity contribution in [3.63, 3.8) is 0 Å². The number of ether oxygens (including phenoxy) is 1. The van der Waals surface area contributed by atoms with Gasteiger partial charge in [-0.2, -0.15) is 0 Å². The van der Waals surface area contributed by atoms with Gasteiger partial charge in [-0.1, -0.05) is 28.1 Å². The molecule has 0 saturated carbocycles. The normalized spacial score (nSPS) is 12.2. The maximum Gasteiger partial charge on any atom is 0.125 e. The molecule has 0 spiro atoms. The Kier molecular flexibility index (Phi) is 4.56. The number of hydrogen-bond donors (Lipinski definition) is 1. The highest BCUT2D eigenvalue weighted by molar-refractivity contribution is 9.10. The van der Waals surface area contributed by atoms with Crippen LogP contribution in [0.2, 0.25) is 0 Å². The van der Waals surface area contributed by atoms with Gasteiger partial charge in [0.25, 0.3) is 0 Å². The lowest BCUT2D eigenvalue weighted by molar-refractivity contribution is 0.190. The first-order valence-corrected chi connectivity index (χ1v) is 6.70. The molecule has 0 heterocycles. The number of aliphatic hydroxyl groups is 1. The van der Waals surface area contributed by atoms with Gasteiger partial charge in [-0.05, 0) is 42.8 Å². The Labute approximate surface area is 120 Å². The zero-order chi connectivity index (χ0) is 13.8. The summed E-state index contributed by atoms with van der Waals surface area (Å²) < 4.78 is 19.3. The Balaban J connectivity index is 2.13. The smallest absolute Gasteiger partial charge is 0.125 e. The van der Waals surface area contributed by atoms with Crippen LogP contribution in [0.5, 0.6) is 5.75 Å². The average molecular weight is 325 g/mol. The fourth-order valence-corrected chi connectivity index (χ4v) is 2.10. The van der Waals surface area contributed by atoms with Crippen molar-refractivity contribution in [1.82, 2.24) is 0 Å². The molecule has 2 nitrogen and oxygen atoms in total. The first-order valence-electron chi connectivity index (χ1n) is 5.91. The van der Waals surface area contributed by atoms with E-state index in [9.17, 15) is 9.50 Å². The SMILES string of the molecule is C[C@H](O)c1cc(Br)ccc1OCc1ccc(F)cc1. The lowest BCUT2D eigenvalue weighted by atomic mass is 10.1. The average Bonchev–Trinajstić information content (AvgIpc) is 2.39. The van der Waals surface area contributed by atoms with Crippen molar-refractivity contribution in [3.8, 4) is 5.75 Å². The van der Waals surface area contributed by atoms with Gasteiger partial charge in [0, 0.05) is 10.0 Å². The Morgan fingerprint density at radius 1 is 1.21 bits per heavy atom. The fourth-order valence-electron chi connectivity index (χ4n) is 1.72. The summed E-state index contributed by atoms with van der Waals surface area (Å²) in [6.45, 7) is 2.02. The minimum atomic E-state index is -0.610. The van der Waals surface area contributed by atoms with Gasteiger partial charge in [-0.3, -0.25) is 0 Å². The molecule has 100 valence electrons. The third kappa shape index (κ3) is 3.78. The molecule has 0 aliphatic heterocycles. The second-order valence-electron chi connectivity index (χ2n) is 4.27. The molecule has 0 aromatic heterocycles. The van der Waals surface area contributed by atoms with E-state index in [1.54, 1.807) is 25.1 Å². The zero-order valence-corrected chi connectivity index (χ0v) is 12.0. The Bertz CT molecular complexity index is 553. The van der Waals surface area contributed by atoms with Crippen molar-refractivity contribution >= 4 is 15.9 Å². The van der Waals surface area contributed by atoms with E-state index in [4.69, 9.17) is 4.74 Å². The summed E-state index contributed by atoms with van der Waals surface area (Å²) in [4.78, 5) is 0. The molecule has 2 aromatic rings. The van der Waals surface area contributed by atoms with Gasteiger partial charge in [-0.25, -0.2) is 4.39 Å². The van der Waals surface area contributed by atoms with E-state index in [1.807, 2.05) is 12.1 Å². The number of hydrogen-bond acceptors (Lipinski definition) is 2. The number of rotatable bonds is 4. The topological polar surface area (TPSA) is 29.5 Å². The predicted octanol–water partition coefficient (Wildman–Crippen LogP) is 4.22. The highest BCUT2D eigenvalue weighted by Gasteiger charge is 2.10. The number of halogens is 2. The zero-order valence-electron chi connectivity index (χ0n) is 10.4. The first kappa shape index (κ1) is 14.0. The van der Waals surface area contributed by atoms with Crippen molar-refractivity contribution < 1.29 is 14.2 Å². The summed E-state index contributed by atoms with van der Waals surface area (Å²) in [5.74, 6) is 0.361. The van der Waals surface area contributed by atoms with Gasteiger partial charge in [0.2, 0.25) is 0 Å². The Morgan fingerprint density at radius 2 is 1.89 bits per heavy atom. The maximum atomic E-state index is 12.8. The molecule has 0 unspecified atom stereocenters. The quantitative estimate of drug-likeness (QED) is 0.912. The highest BCUT2D eigenvalue weighted by Crippen LogP contribution is 2.29. The largest absolute Gasteiger partial charge is 0.489 e. The molecule has 0 aliphatic rings. The van der Waals surface area contributed by atoms with Gasteiger partial charge < -0.3 is 9.84 Å². The number of aliphatic hydroxyl groups excluding tert-OH is 1. The minimum Gasteiger partial charge on any atom is -0.489 e. The van der Waals surface area contributed by atoms with Crippen LogP contribution in [0.3, 0.4) is 0 Å². The Morgan fingerprint density at radius 3 is 2.53 bits per heavy atom. The van der Waals surface area contributed by atoms with Gasteiger partial charge in [0.15, 0.2) is 0 Å². The van der Waals surface area contributed by atoms with Gasteiger partial charge in [0.05, 0.1) is 6.10 Å². The van der Waals surface area contributed by atoms with Gasteiger partial charge in [-0.15, -0.1) is 0 Å². The molecule has 1 atom stereocenters. The van der Waals surface area contributed by atoms with Crippen LogP contribution >= 0.6 is 15.9 Å². The monoisotopic (exact) mass is 324 g/mol. The highest BCUT2D eigenvalue weighted by atomic mass is 79.9. The molecule has 4 heteroatoms. The summed E-state index contributed by atoms with van der Waals surface area (Å²) >= 11 is 3.36. The summed E-state index contributed by atoms with van der Waals surface area (Å²) in [6.07, 6.45) is -0.610. The molecule has 0 amide bonds. The summed E-state index contributed by atoms with van der Waals surface area (Å²) in [5.41, 5.74) is 1.59. The van der Waals surface area contributed by atoms with Crippen molar-refractivity contribution in [3.05, 3.63) is 63.9 Å². The molecule has 0 fully saturated rings. The standard InChI is InChI=1S/C15H14BrFO2/c1-10(18)14-8-12(16)4-7-15(14)19-9-11-2-5-13(17)6-3-11/h2-8,10,18H,9H2,1H3/t10-/m0/s1. The second-order valence-corrected chi connectivity index (χ2v) is 5.19. The number of benzene rings is 2. The van der Waals surface area contributed by atoms with E-state index in [-0.39, 0.29) is 5.82 Å². The van der Waals surface area contributed by atoms with Crippen molar-refractivity contribution in [1.29, 1.82) is 0 Å². The van der Waals surface area contributed by atoms with Crippen LogP contribution in [0.4, 0.5) is 4.39 Å². The molecule has 0 saturated heterocycles. The van der Waals surface area contributed by atoms with Crippen LogP contribution in [0.15, 0.2) is 46.9 Å². The van der Waals surface area contributed by atoms with Crippen LogP contribution < -0.4 is 4.74 Å². The van der Waals surface area contributed by atoms with Crippen molar-refractivity contribution in [2.45, 2.75) is 19.6 Å². The van der Waals surface area contributed by atoms with E-state index in [1.165, 1.54) is 12.1 Å². The van der Waals surface area contributed by atoms with E-state index in [0.717, 1.165) is 15.6 Å². The van der Waals surface area contributed by atoms with E-state index in [0.29, 0.717) is 12.4 Å². The third-order valence-corrected chi connectivity index (χ3v) is 3.22. The van der Waals surface area contributed by atoms with E-state index >= 15 is 0 Å². The molecule has 0 bridgehead atoms. The van der Waals surface area contributed by atoms with Crippen LogP contribution in [0.25, 0.3) is 0 Å². The molecule has 0 radical (unpaired) electrons. The van der Waals surface area contributed by atoms with Crippen LogP contribution in [-0.4, -0.2) is 5.11 Å². The van der Waals surface area contributed by atoms with Crippen LogP contribution in [0, 0.1) is 5.82 Å². The van der Waals surface area contributed by atoms with Gasteiger partial charge in [0.1, 0.15) is 18.2 Å². The van der Waals surface area contributed by atoms with Crippen molar-refractivity contribution in [2.24, 2.45) is 0 Å². The molecular weight excluding hydrogens is 311 g/mol. The molecule has 19 heavy (non-hydrogen) atoms. The summed E-state index contributed by atoms with van der Waals surface area (Å²) in [7, 11) is 0. The van der Waals surface area contributed by atoms with Gasteiger partial charge >= 0.3 is 0 Å². The first-order chi connectivity index (χ1) is 9.06. The van der Waals surface area contributed by atoms with E-state index < -0.39 is 6.10 Å². The third-order valence-electron chi connectivity index (χ3n) is 2.73. The van der Waals surface area contributed by atoms with Crippen molar-refractivity contribution in [2.75, 3.05) is 0 Å². The Hall–Kier alpha value is -1.39. The lowest BCUT2D eigenvalue weighted by Gasteiger charge is -2.14. The summed E-state index contributed by atoms with van der Waals surface area (Å²) in [6, 6.07) is 11.6. The molecule has 2 aromatic carbocycles. The maximum absolute atomic E-state index is 12.8. The summed E-state index contributed by atoms with van der Waals surface area (Å²) in [5, 5.41) is 9.71. The second kappa shape index (κ2) is 6.17. The van der Waals surface area contributed by atoms with Crippen LogP contribution in [-0.2, 0) is 6.61 Å².